The topological polar surface area (TPSA) is 38.3 Å². The second kappa shape index (κ2) is 6.74. The van der Waals surface area contributed by atoms with Crippen LogP contribution in [0.5, 0.6) is 0 Å². The molecule has 0 aliphatic carbocycles. The Bertz CT molecular complexity index is 388. The van der Waals surface area contributed by atoms with Crippen LogP contribution in [0, 0.1) is 6.92 Å². The summed E-state index contributed by atoms with van der Waals surface area (Å²) in [6, 6.07) is 7.80. The van der Waals surface area contributed by atoms with Gasteiger partial charge in [-0.3, -0.25) is 0 Å². The van der Waals surface area contributed by atoms with Gasteiger partial charge in [-0.1, -0.05) is 37.8 Å². The Labute approximate surface area is 102 Å². The number of carbonyl (C=O) groups is 1. The van der Waals surface area contributed by atoms with E-state index in [4.69, 9.17) is 4.74 Å². The zero-order valence-electron chi connectivity index (χ0n) is 10.4. The first-order valence-electron chi connectivity index (χ1n) is 5.81. The van der Waals surface area contributed by atoms with Gasteiger partial charge in [0.05, 0.1) is 0 Å². The highest BCUT2D eigenvalue weighted by atomic mass is 16.6. The molecule has 0 bridgehead atoms. The van der Waals surface area contributed by atoms with E-state index in [1.165, 1.54) is 0 Å². The van der Waals surface area contributed by atoms with E-state index in [0.717, 1.165) is 17.5 Å². The summed E-state index contributed by atoms with van der Waals surface area (Å²) in [7, 11) is 0. The third-order valence-corrected chi connectivity index (χ3v) is 2.46. The lowest BCUT2D eigenvalue weighted by atomic mass is 10.0. The minimum atomic E-state index is -0.403. The van der Waals surface area contributed by atoms with Gasteiger partial charge in [0.1, 0.15) is 6.10 Å². The average Bonchev–Trinajstić information content (AvgIpc) is 2.34. The number of nitrogens with one attached hydrogen (secondary N) is 1. The van der Waals surface area contributed by atoms with Gasteiger partial charge in [0.25, 0.3) is 0 Å². The van der Waals surface area contributed by atoms with Crippen LogP contribution in [0.2, 0.25) is 0 Å². The lowest BCUT2D eigenvalue weighted by Gasteiger charge is -2.16. The van der Waals surface area contributed by atoms with Gasteiger partial charge >= 0.3 is 6.09 Å². The Balaban J connectivity index is 2.69. The molecule has 1 aromatic carbocycles. The molecule has 3 nitrogen and oxygen atoms in total. The molecule has 0 spiro atoms. The lowest BCUT2D eigenvalue weighted by Crippen LogP contribution is -2.26. The number of benzene rings is 1. The molecule has 0 saturated heterocycles. The van der Waals surface area contributed by atoms with Crippen molar-refractivity contribution in [1.82, 2.24) is 5.32 Å². The quantitative estimate of drug-likeness (QED) is 0.792. The van der Waals surface area contributed by atoms with Gasteiger partial charge in [-0.15, -0.1) is 0 Å². The maximum absolute atomic E-state index is 11.5. The predicted molar refractivity (Wildman–Crippen MR) is 68.9 cm³/mol. The molecule has 92 valence electrons. The summed E-state index contributed by atoms with van der Waals surface area (Å²) < 4.78 is 5.30. The van der Waals surface area contributed by atoms with Gasteiger partial charge in [-0.05, 0) is 30.5 Å². The zero-order chi connectivity index (χ0) is 12.7. The highest BCUT2D eigenvalue weighted by Gasteiger charge is 2.14. The van der Waals surface area contributed by atoms with Crippen LogP contribution in [0.1, 0.15) is 30.6 Å². The zero-order valence-corrected chi connectivity index (χ0v) is 10.4. The van der Waals surface area contributed by atoms with Crippen molar-refractivity contribution in [3.05, 3.63) is 48.0 Å². The van der Waals surface area contributed by atoms with Crippen LogP contribution >= 0.6 is 0 Å². The highest BCUT2D eigenvalue weighted by Crippen LogP contribution is 2.21. The SMILES string of the molecule is C=C[C@@H](OC(=O)NCCC)c1ccccc1C. The van der Waals surface area contributed by atoms with E-state index >= 15 is 0 Å². The summed E-state index contributed by atoms with van der Waals surface area (Å²) in [4.78, 5) is 11.5. The van der Waals surface area contributed by atoms with Crippen LogP contribution in [0.4, 0.5) is 4.79 Å². The molecule has 1 amide bonds. The fraction of sp³-hybridized carbons (Fsp3) is 0.357. The van der Waals surface area contributed by atoms with E-state index in [9.17, 15) is 4.79 Å². The van der Waals surface area contributed by atoms with Gasteiger partial charge in [-0.25, -0.2) is 4.79 Å². The second-order valence-electron chi connectivity index (χ2n) is 3.84. The number of ether oxygens (including phenoxy) is 1. The molecular weight excluding hydrogens is 214 g/mol. The van der Waals surface area contributed by atoms with Crippen LogP contribution in [-0.2, 0) is 4.74 Å². The average molecular weight is 233 g/mol. The number of carbonyl (C=O) groups excluding carboxylic acids is 1. The fourth-order valence-corrected chi connectivity index (χ4v) is 1.53. The molecule has 0 heterocycles. The Morgan fingerprint density at radius 3 is 2.82 bits per heavy atom. The lowest BCUT2D eigenvalue weighted by molar-refractivity contribution is 0.120. The van der Waals surface area contributed by atoms with Gasteiger partial charge in [0.2, 0.25) is 0 Å². The number of aryl methyl sites for hydroxylation is 1. The number of amides is 1. The van der Waals surface area contributed by atoms with Crippen molar-refractivity contribution in [3.63, 3.8) is 0 Å². The summed E-state index contributed by atoms with van der Waals surface area (Å²) in [5.41, 5.74) is 2.05. The van der Waals surface area contributed by atoms with Crippen molar-refractivity contribution < 1.29 is 9.53 Å². The standard InChI is InChI=1S/C14H19NO2/c1-4-10-15-14(16)17-13(5-2)12-9-7-6-8-11(12)3/h5-9,13H,2,4,10H2,1,3H3,(H,15,16)/t13-/m1/s1. The monoisotopic (exact) mass is 233 g/mol. The van der Waals surface area contributed by atoms with E-state index in [0.29, 0.717) is 6.54 Å². The summed E-state index contributed by atoms with van der Waals surface area (Å²) in [5.74, 6) is 0. The fourth-order valence-electron chi connectivity index (χ4n) is 1.53. The second-order valence-corrected chi connectivity index (χ2v) is 3.84. The molecule has 1 aromatic rings. The Kier molecular flexibility index (Phi) is 5.27. The number of hydrogen-bond acceptors (Lipinski definition) is 2. The van der Waals surface area contributed by atoms with Gasteiger partial charge in [0, 0.05) is 6.54 Å². The number of alkyl carbamates (subject to hydrolysis) is 1. The molecule has 3 heteroatoms. The van der Waals surface area contributed by atoms with Crippen molar-refractivity contribution in [3.8, 4) is 0 Å². The van der Waals surface area contributed by atoms with Gasteiger partial charge in [0.15, 0.2) is 0 Å². The normalized spacial score (nSPS) is 11.6. The molecule has 0 aliphatic rings. The predicted octanol–water partition coefficient (Wildman–Crippen LogP) is 3.36. The van der Waals surface area contributed by atoms with Crippen LogP contribution in [0.3, 0.4) is 0 Å². The maximum atomic E-state index is 11.5. The summed E-state index contributed by atoms with van der Waals surface area (Å²) in [6.45, 7) is 8.31. The largest absolute Gasteiger partial charge is 0.437 e. The van der Waals surface area contributed by atoms with E-state index < -0.39 is 12.2 Å². The van der Waals surface area contributed by atoms with Crippen LogP contribution in [0.15, 0.2) is 36.9 Å². The minimum Gasteiger partial charge on any atom is -0.437 e. The first kappa shape index (κ1) is 13.3. The molecule has 0 unspecified atom stereocenters. The van der Waals surface area contributed by atoms with Crippen LogP contribution in [0.25, 0.3) is 0 Å². The van der Waals surface area contributed by atoms with Crippen molar-refractivity contribution in [1.29, 1.82) is 0 Å². The highest BCUT2D eigenvalue weighted by molar-refractivity contribution is 5.67. The van der Waals surface area contributed by atoms with Crippen LogP contribution in [-0.4, -0.2) is 12.6 Å². The molecule has 0 fully saturated rings. The molecule has 0 radical (unpaired) electrons. The van der Waals surface area contributed by atoms with E-state index in [1.54, 1.807) is 6.08 Å². The first-order valence-corrected chi connectivity index (χ1v) is 5.81. The van der Waals surface area contributed by atoms with E-state index in [2.05, 4.69) is 11.9 Å². The smallest absolute Gasteiger partial charge is 0.408 e. The third-order valence-electron chi connectivity index (χ3n) is 2.46. The van der Waals surface area contributed by atoms with Crippen molar-refractivity contribution in [2.45, 2.75) is 26.4 Å². The molecule has 1 atom stereocenters. The summed E-state index contributed by atoms with van der Waals surface area (Å²) in [6.07, 6.45) is 1.72. The number of hydrogen-bond donors (Lipinski definition) is 1. The molecule has 0 saturated carbocycles. The third kappa shape index (κ3) is 3.94. The maximum Gasteiger partial charge on any atom is 0.408 e. The summed E-state index contributed by atoms with van der Waals surface area (Å²) >= 11 is 0. The Morgan fingerprint density at radius 1 is 1.53 bits per heavy atom. The Hall–Kier alpha value is -1.77. The molecule has 17 heavy (non-hydrogen) atoms. The van der Waals surface area contributed by atoms with Crippen molar-refractivity contribution in [2.24, 2.45) is 0 Å². The molecule has 0 aliphatic heterocycles. The van der Waals surface area contributed by atoms with Gasteiger partial charge in [-0.2, -0.15) is 0 Å². The van der Waals surface area contributed by atoms with Crippen molar-refractivity contribution in [2.75, 3.05) is 6.54 Å². The van der Waals surface area contributed by atoms with E-state index in [1.807, 2.05) is 38.1 Å². The molecule has 1 rings (SSSR count). The van der Waals surface area contributed by atoms with Crippen molar-refractivity contribution >= 4 is 6.09 Å². The van der Waals surface area contributed by atoms with Crippen LogP contribution < -0.4 is 5.32 Å². The Morgan fingerprint density at radius 2 is 2.24 bits per heavy atom. The summed E-state index contributed by atoms with van der Waals surface area (Å²) in [5, 5.41) is 2.68. The first-order chi connectivity index (χ1) is 8.19. The minimum absolute atomic E-state index is 0.395. The molecule has 0 aromatic heterocycles. The molecule has 1 N–H and O–H groups in total. The van der Waals surface area contributed by atoms with E-state index in [-0.39, 0.29) is 0 Å². The molecular formula is C14H19NO2. The number of rotatable bonds is 5. The van der Waals surface area contributed by atoms with Gasteiger partial charge < -0.3 is 10.1 Å².